The predicted octanol–water partition coefficient (Wildman–Crippen LogP) is 5.70. The second-order valence-corrected chi connectivity index (χ2v) is 7.75. The third-order valence-corrected chi connectivity index (χ3v) is 5.54. The maximum Gasteiger partial charge on any atom is 0.293 e. The summed E-state index contributed by atoms with van der Waals surface area (Å²) in [7, 11) is 0. The van der Waals surface area contributed by atoms with E-state index in [0.717, 1.165) is 5.56 Å². The van der Waals surface area contributed by atoms with Gasteiger partial charge in [-0.1, -0.05) is 54.6 Å². The summed E-state index contributed by atoms with van der Waals surface area (Å²) in [6, 6.07) is 22.7. The lowest BCUT2D eigenvalue weighted by molar-refractivity contribution is -0.113. The number of para-hydroxylation sites is 2. The van der Waals surface area contributed by atoms with E-state index in [1.54, 1.807) is 30.3 Å². The van der Waals surface area contributed by atoms with Gasteiger partial charge in [-0.15, -0.1) is 11.8 Å². The van der Waals surface area contributed by atoms with Gasteiger partial charge in [0.05, 0.1) is 11.4 Å². The van der Waals surface area contributed by atoms with Gasteiger partial charge in [-0.25, -0.2) is 4.39 Å². The molecule has 0 unspecified atom stereocenters. The molecule has 7 heteroatoms. The van der Waals surface area contributed by atoms with Crippen LogP contribution < -0.4 is 10.6 Å². The van der Waals surface area contributed by atoms with Crippen molar-refractivity contribution in [1.82, 2.24) is 0 Å². The van der Waals surface area contributed by atoms with Crippen molar-refractivity contribution in [2.24, 2.45) is 0 Å². The molecule has 0 aliphatic heterocycles. The summed E-state index contributed by atoms with van der Waals surface area (Å²) in [6.07, 6.45) is 0. The number of nitrogens with one attached hydrogen (secondary N) is 2. The molecular formula is C24H19FN2O3S. The summed E-state index contributed by atoms with van der Waals surface area (Å²) in [5, 5.41) is 5.89. The van der Waals surface area contributed by atoms with E-state index >= 15 is 0 Å². The molecule has 4 rings (SSSR count). The molecule has 0 saturated heterocycles. The minimum atomic E-state index is -0.645. The van der Waals surface area contributed by atoms with Crippen molar-refractivity contribution in [3.05, 3.63) is 96.0 Å². The topological polar surface area (TPSA) is 71.3 Å². The molecule has 0 bridgehead atoms. The van der Waals surface area contributed by atoms with Crippen LogP contribution in [0.4, 0.5) is 15.8 Å². The minimum absolute atomic E-state index is 0.0312. The molecular weight excluding hydrogens is 415 g/mol. The predicted molar refractivity (Wildman–Crippen MR) is 122 cm³/mol. The number of hydrogen-bond donors (Lipinski definition) is 2. The molecule has 4 aromatic rings. The minimum Gasteiger partial charge on any atom is -0.449 e. The molecule has 0 saturated carbocycles. The lowest BCUT2D eigenvalue weighted by atomic mass is 10.2. The summed E-state index contributed by atoms with van der Waals surface area (Å²) in [5.41, 5.74) is 1.88. The Morgan fingerprint density at radius 2 is 1.58 bits per heavy atom. The maximum atomic E-state index is 13.9. The Bertz CT molecular complexity index is 1220. The monoisotopic (exact) mass is 434 g/mol. The molecule has 3 aromatic carbocycles. The number of amides is 2. The Kier molecular flexibility index (Phi) is 6.33. The van der Waals surface area contributed by atoms with E-state index in [-0.39, 0.29) is 28.8 Å². The third-order valence-electron chi connectivity index (χ3n) is 4.53. The van der Waals surface area contributed by atoms with Gasteiger partial charge in [0.2, 0.25) is 11.7 Å². The molecule has 0 atom stereocenters. The highest BCUT2D eigenvalue weighted by Gasteiger charge is 2.23. The number of thioether (sulfide) groups is 1. The lowest BCUT2D eigenvalue weighted by Gasteiger charge is -2.08. The SMILES string of the molecule is O=C(CSCc1ccccc1)Nc1c(C(=O)Nc2ccccc2F)oc2ccccc12. The number of hydrogen-bond acceptors (Lipinski definition) is 4. The van der Waals surface area contributed by atoms with Crippen molar-refractivity contribution in [2.45, 2.75) is 5.75 Å². The molecule has 0 spiro atoms. The summed E-state index contributed by atoms with van der Waals surface area (Å²) < 4.78 is 19.6. The summed E-state index contributed by atoms with van der Waals surface area (Å²) in [6.45, 7) is 0. The number of carbonyl (C=O) groups is 2. The molecule has 0 aliphatic carbocycles. The van der Waals surface area contributed by atoms with E-state index in [1.165, 1.54) is 30.0 Å². The molecule has 2 N–H and O–H groups in total. The van der Waals surface area contributed by atoms with Gasteiger partial charge in [0.25, 0.3) is 5.91 Å². The van der Waals surface area contributed by atoms with Crippen LogP contribution in [0.3, 0.4) is 0 Å². The van der Waals surface area contributed by atoms with Crippen molar-refractivity contribution in [3.8, 4) is 0 Å². The van der Waals surface area contributed by atoms with Crippen molar-refractivity contribution < 1.29 is 18.4 Å². The van der Waals surface area contributed by atoms with Crippen LogP contribution in [-0.2, 0) is 10.5 Å². The van der Waals surface area contributed by atoms with Gasteiger partial charge in [0, 0.05) is 11.1 Å². The van der Waals surface area contributed by atoms with Gasteiger partial charge in [0.1, 0.15) is 17.1 Å². The van der Waals surface area contributed by atoms with Crippen LogP contribution in [0.5, 0.6) is 0 Å². The van der Waals surface area contributed by atoms with Crippen molar-refractivity contribution in [1.29, 1.82) is 0 Å². The highest BCUT2D eigenvalue weighted by molar-refractivity contribution is 7.99. The van der Waals surface area contributed by atoms with Gasteiger partial charge in [-0.2, -0.15) is 0 Å². The van der Waals surface area contributed by atoms with E-state index < -0.39 is 11.7 Å². The van der Waals surface area contributed by atoms with Crippen LogP contribution in [0.15, 0.2) is 83.3 Å². The van der Waals surface area contributed by atoms with Crippen LogP contribution in [0.2, 0.25) is 0 Å². The maximum absolute atomic E-state index is 13.9. The number of carbonyl (C=O) groups excluding carboxylic acids is 2. The van der Waals surface area contributed by atoms with Crippen molar-refractivity contribution >= 4 is 45.9 Å². The lowest BCUT2D eigenvalue weighted by Crippen LogP contribution is -2.18. The van der Waals surface area contributed by atoms with Crippen LogP contribution in [0.25, 0.3) is 11.0 Å². The number of rotatable bonds is 7. The summed E-state index contributed by atoms with van der Waals surface area (Å²) in [5.74, 6) is -0.634. The Labute approximate surface area is 182 Å². The zero-order valence-electron chi connectivity index (χ0n) is 16.4. The highest BCUT2D eigenvalue weighted by atomic mass is 32.2. The molecule has 2 amide bonds. The average molecular weight is 434 g/mol. The molecule has 0 aliphatic rings. The summed E-state index contributed by atoms with van der Waals surface area (Å²) in [4.78, 5) is 25.4. The van der Waals surface area contributed by atoms with E-state index in [1.807, 2.05) is 30.3 Å². The third kappa shape index (κ3) is 4.95. The Morgan fingerprint density at radius 1 is 0.871 bits per heavy atom. The second kappa shape index (κ2) is 9.49. The Morgan fingerprint density at radius 3 is 2.39 bits per heavy atom. The first-order valence-electron chi connectivity index (χ1n) is 9.61. The van der Waals surface area contributed by atoms with Crippen LogP contribution in [-0.4, -0.2) is 17.6 Å². The standard InChI is InChI=1S/C24H19FN2O3S/c25-18-11-5-6-12-19(18)26-24(29)23-22(17-10-4-7-13-20(17)30-23)27-21(28)15-31-14-16-8-2-1-3-9-16/h1-13H,14-15H2,(H,26,29)(H,27,28). The first kappa shape index (κ1) is 20.7. The Hall–Kier alpha value is -3.58. The van der Waals surface area contributed by atoms with E-state index in [9.17, 15) is 14.0 Å². The molecule has 5 nitrogen and oxygen atoms in total. The van der Waals surface area contributed by atoms with Crippen molar-refractivity contribution in [2.75, 3.05) is 16.4 Å². The molecule has 156 valence electrons. The van der Waals surface area contributed by atoms with Crippen LogP contribution >= 0.6 is 11.8 Å². The number of benzene rings is 3. The fourth-order valence-electron chi connectivity index (χ4n) is 3.08. The average Bonchev–Trinajstić information content (AvgIpc) is 3.14. The van der Waals surface area contributed by atoms with Crippen LogP contribution in [0, 0.1) is 5.82 Å². The van der Waals surface area contributed by atoms with Gasteiger partial charge < -0.3 is 15.1 Å². The number of anilines is 2. The number of fused-ring (bicyclic) bond motifs is 1. The molecule has 0 fully saturated rings. The van der Waals surface area contributed by atoms with Gasteiger partial charge in [-0.3, -0.25) is 9.59 Å². The molecule has 31 heavy (non-hydrogen) atoms. The number of furan rings is 1. The normalized spacial score (nSPS) is 10.7. The Balaban J connectivity index is 1.51. The first-order chi connectivity index (χ1) is 15.1. The van der Waals surface area contributed by atoms with E-state index in [2.05, 4.69) is 10.6 Å². The van der Waals surface area contributed by atoms with Crippen molar-refractivity contribution in [3.63, 3.8) is 0 Å². The largest absolute Gasteiger partial charge is 0.449 e. The molecule has 1 heterocycles. The zero-order chi connectivity index (χ0) is 21.6. The fraction of sp³-hybridized carbons (Fsp3) is 0.0833. The quantitative estimate of drug-likeness (QED) is 0.392. The van der Waals surface area contributed by atoms with Crippen LogP contribution in [0.1, 0.15) is 16.1 Å². The van der Waals surface area contributed by atoms with E-state index in [4.69, 9.17) is 4.42 Å². The summed E-state index contributed by atoms with van der Waals surface area (Å²) >= 11 is 1.47. The number of halogens is 1. The first-order valence-corrected chi connectivity index (χ1v) is 10.8. The molecule has 1 aromatic heterocycles. The highest BCUT2D eigenvalue weighted by Crippen LogP contribution is 2.32. The zero-order valence-corrected chi connectivity index (χ0v) is 17.2. The van der Waals surface area contributed by atoms with Gasteiger partial charge >= 0.3 is 0 Å². The fourth-order valence-corrected chi connectivity index (χ4v) is 3.87. The smallest absolute Gasteiger partial charge is 0.293 e. The van der Waals surface area contributed by atoms with Gasteiger partial charge in [0.15, 0.2) is 0 Å². The van der Waals surface area contributed by atoms with Gasteiger partial charge in [-0.05, 0) is 29.8 Å². The van der Waals surface area contributed by atoms with E-state index in [0.29, 0.717) is 16.7 Å². The molecule has 0 radical (unpaired) electrons. The second-order valence-electron chi connectivity index (χ2n) is 6.76.